The van der Waals surface area contributed by atoms with Crippen molar-refractivity contribution in [3.63, 3.8) is 0 Å². The van der Waals surface area contributed by atoms with Gasteiger partial charge in [-0.3, -0.25) is 0 Å². The lowest BCUT2D eigenvalue weighted by atomic mass is 9.96. The van der Waals surface area contributed by atoms with Crippen LogP contribution < -0.4 is 4.74 Å². The Morgan fingerprint density at radius 1 is 1.41 bits per heavy atom. The first-order chi connectivity index (χ1) is 10.2. The van der Waals surface area contributed by atoms with Crippen molar-refractivity contribution in [1.82, 2.24) is 0 Å². The zero-order chi connectivity index (χ0) is 16.7. The number of benzene rings is 1. The smallest absolute Gasteiger partial charge is 0.430 e. The minimum absolute atomic E-state index is 0.0177. The molecule has 22 heavy (non-hydrogen) atoms. The highest BCUT2D eigenvalue weighted by molar-refractivity contribution is 6.32. The molecule has 1 atom stereocenters. The van der Waals surface area contributed by atoms with Crippen LogP contribution >= 0.6 is 23.2 Å². The second-order valence-electron chi connectivity index (χ2n) is 4.72. The van der Waals surface area contributed by atoms with E-state index < -0.39 is 29.9 Å². The lowest BCUT2D eigenvalue weighted by Gasteiger charge is -2.29. The number of carbonyl (C=O) groups excluding carboxylic acids is 1. The molecule has 0 saturated heterocycles. The van der Waals surface area contributed by atoms with Crippen LogP contribution in [0.5, 0.6) is 5.75 Å². The molecule has 0 unspecified atom stereocenters. The summed E-state index contributed by atoms with van der Waals surface area (Å²) in [5.74, 6) is -1.16. The molecule has 1 aromatic carbocycles. The topological polar surface area (TPSA) is 35.5 Å². The Morgan fingerprint density at radius 2 is 2.05 bits per heavy atom. The summed E-state index contributed by atoms with van der Waals surface area (Å²) < 4.78 is 48.9. The van der Waals surface area contributed by atoms with E-state index in [1.54, 1.807) is 13.8 Å². The fraction of sp³-hybridized carbons (Fsp3) is 0.357. The third-order valence-electron chi connectivity index (χ3n) is 3.24. The minimum atomic E-state index is -4.77. The fourth-order valence-corrected chi connectivity index (χ4v) is 2.43. The van der Waals surface area contributed by atoms with E-state index in [-0.39, 0.29) is 5.75 Å². The van der Waals surface area contributed by atoms with E-state index in [9.17, 15) is 18.0 Å². The molecule has 120 valence electrons. The van der Waals surface area contributed by atoms with Crippen LogP contribution in [0, 0.1) is 13.8 Å². The van der Waals surface area contributed by atoms with Gasteiger partial charge in [0.25, 0.3) is 0 Å². The molecule has 0 spiro atoms. The quantitative estimate of drug-likeness (QED) is 0.583. The Balaban J connectivity index is 2.61. The summed E-state index contributed by atoms with van der Waals surface area (Å²) in [5.41, 5.74) is 0.758. The summed E-state index contributed by atoms with van der Waals surface area (Å²) in [6.45, 7) is 3.29. The number of carbonyl (C=O) groups is 1. The van der Waals surface area contributed by atoms with Gasteiger partial charge in [-0.05, 0) is 37.1 Å². The van der Waals surface area contributed by atoms with E-state index in [1.165, 1.54) is 6.07 Å². The van der Waals surface area contributed by atoms with Gasteiger partial charge < -0.3 is 9.47 Å². The van der Waals surface area contributed by atoms with E-state index in [4.69, 9.17) is 27.9 Å². The lowest BCUT2D eigenvalue weighted by molar-refractivity contribution is -0.187. The molecule has 0 N–H and O–H groups in total. The van der Waals surface area contributed by atoms with Gasteiger partial charge in [-0.15, -0.1) is 0 Å². The van der Waals surface area contributed by atoms with Gasteiger partial charge in [0.2, 0.25) is 6.10 Å². The first kappa shape index (κ1) is 17.0. The summed E-state index contributed by atoms with van der Waals surface area (Å²) in [4.78, 5) is 11.7. The van der Waals surface area contributed by atoms with Crippen LogP contribution in [-0.2, 0) is 9.53 Å². The highest BCUT2D eigenvalue weighted by Crippen LogP contribution is 2.41. The largest absolute Gasteiger partial charge is 0.475 e. The number of ether oxygens (including phenoxy) is 2. The molecule has 0 amide bonds. The van der Waals surface area contributed by atoms with Crippen LogP contribution in [-0.4, -0.2) is 24.3 Å². The molecule has 3 nitrogen and oxygen atoms in total. The number of hydrogen-bond acceptors (Lipinski definition) is 3. The van der Waals surface area contributed by atoms with Crippen molar-refractivity contribution < 1.29 is 27.4 Å². The average Bonchev–Trinajstić information content (AvgIpc) is 2.43. The number of rotatable bonds is 2. The molecule has 1 aliphatic rings. The Labute approximate surface area is 134 Å². The zero-order valence-corrected chi connectivity index (χ0v) is 13.1. The van der Waals surface area contributed by atoms with Crippen molar-refractivity contribution in [3.8, 4) is 5.75 Å². The van der Waals surface area contributed by atoms with E-state index in [2.05, 4.69) is 4.74 Å². The third-order valence-corrected chi connectivity index (χ3v) is 3.93. The van der Waals surface area contributed by atoms with Gasteiger partial charge in [0, 0.05) is 10.6 Å². The predicted octanol–water partition coefficient (Wildman–Crippen LogP) is 4.40. The molecule has 1 aromatic rings. The fourth-order valence-electron chi connectivity index (χ4n) is 2.18. The average molecular weight is 355 g/mol. The lowest BCUT2D eigenvalue weighted by Crippen LogP contribution is -2.40. The van der Waals surface area contributed by atoms with Gasteiger partial charge in [0.05, 0.1) is 5.57 Å². The van der Waals surface area contributed by atoms with Crippen LogP contribution in [0.25, 0.3) is 6.08 Å². The maximum Gasteiger partial charge on any atom is 0.430 e. The van der Waals surface area contributed by atoms with Crippen molar-refractivity contribution in [3.05, 3.63) is 33.4 Å². The van der Waals surface area contributed by atoms with Gasteiger partial charge in [-0.1, -0.05) is 23.2 Å². The minimum Gasteiger partial charge on any atom is -0.475 e. The molecule has 1 heterocycles. The summed E-state index contributed by atoms with van der Waals surface area (Å²) in [5, 5.41) is 0.397. The monoisotopic (exact) mass is 354 g/mol. The Hall–Kier alpha value is -1.40. The highest BCUT2D eigenvalue weighted by Gasteiger charge is 2.49. The summed E-state index contributed by atoms with van der Waals surface area (Å²) in [7, 11) is 0. The molecule has 2 rings (SSSR count). The number of aryl methyl sites for hydroxylation is 1. The molecule has 0 aromatic heterocycles. The standard InChI is InChI=1S/C14H11Cl2F3O3/c1-6-3-10-8(7(2)11(6)16)4-9(13(20)21-5-15)12(22-10)14(17,18)19/h3-4,12H,5H2,1-2H3/t12-/m0/s1. The number of esters is 1. The molecule has 0 bridgehead atoms. The second kappa shape index (κ2) is 6.01. The van der Waals surface area contributed by atoms with Crippen molar-refractivity contribution in [2.24, 2.45) is 0 Å². The first-order valence-electron chi connectivity index (χ1n) is 6.14. The van der Waals surface area contributed by atoms with Crippen molar-refractivity contribution in [1.29, 1.82) is 0 Å². The van der Waals surface area contributed by atoms with Gasteiger partial charge >= 0.3 is 12.1 Å². The van der Waals surface area contributed by atoms with Crippen LogP contribution in [0.1, 0.15) is 16.7 Å². The van der Waals surface area contributed by atoms with E-state index in [0.717, 1.165) is 6.08 Å². The molecule has 1 aliphatic heterocycles. The second-order valence-corrected chi connectivity index (χ2v) is 5.32. The Morgan fingerprint density at radius 3 is 2.59 bits per heavy atom. The number of fused-ring (bicyclic) bond motifs is 1. The van der Waals surface area contributed by atoms with Gasteiger partial charge in [-0.25, -0.2) is 4.79 Å². The molecular weight excluding hydrogens is 344 g/mol. The van der Waals surface area contributed by atoms with E-state index in [0.29, 0.717) is 21.7 Å². The van der Waals surface area contributed by atoms with Gasteiger partial charge in [0.1, 0.15) is 5.75 Å². The van der Waals surface area contributed by atoms with Crippen LogP contribution in [0.3, 0.4) is 0 Å². The first-order valence-corrected chi connectivity index (χ1v) is 7.05. The molecule has 0 fully saturated rings. The zero-order valence-electron chi connectivity index (χ0n) is 11.6. The predicted molar refractivity (Wildman–Crippen MR) is 76.2 cm³/mol. The molecular formula is C14H11Cl2F3O3. The van der Waals surface area contributed by atoms with E-state index in [1.807, 2.05) is 0 Å². The van der Waals surface area contributed by atoms with Crippen molar-refractivity contribution in [2.45, 2.75) is 26.1 Å². The maximum absolute atomic E-state index is 13.1. The van der Waals surface area contributed by atoms with Crippen LogP contribution in [0.2, 0.25) is 5.02 Å². The Kier molecular flexibility index (Phi) is 4.63. The number of hydrogen-bond donors (Lipinski definition) is 0. The van der Waals surface area contributed by atoms with E-state index >= 15 is 0 Å². The van der Waals surface area contributed by atoms with Crippen molar-refractivity contribution >= 4 is 35.2 Å². The molecule has 8 heteroatoms. The maximum atomic E-state index is 13.1. The van der Waals surface area contributed by atoms with Gasteiger partial charge in [-0.2, -0.15) is 13.2 Å². The number of alkyl halides is 4. The van der Waals surface area contributed by atoms with Crippen LogP contribution in [0.4, 0.5) is 13.2 Å². The van der Waals surface area contributed by atoms with Crippen LogP contribution in [0.15, 0.2) is 11.6 Å². The summed E-state index contributed by atoms with van der Waals surface area (Å²) in [6.07, 6.45) is -6.08. The SMILES string of the molecule is Cc1cc2c(c(C)c1Cl)C=C(C(=O)OCCl)[C@@H](C(F)(F)F)O2. The normalized spacial score (nSPS) is 17.4. The molecule has 0 radical (unpaired) electrons. The summed E-state index contributed by atoms with van der Waals surface area (Å²) >= 11 is 11.3. The summed E-state index contributed by atoms with van der Waals surface area (Å²) in [6, 6.07) is 0.852. The molecule has 0 aliphatic carbocycles. The molecule has 0 saturated carbocycles. The highest BCUT2D eigenvalue weighted by atomic mass is 35.5. The third kappa shape index (κ3) is 3.03. The van der Waals surface area contributed by atoms with Gasteiger partial charge in [0.15, 0.2) is 6.07 Å². The van der Waals surface area contributed by atoms with Crippen molar-refractivity contribution in [2.75, 3.05) is 6.07 Å². The Bertz CT molecular complexity index is 654. The number of halogens is 5.